The minimum Gasteiger partial charge on any atom is -0.500 e. The van der Waals surface area contributed by atoms with E-state index in [0.29, 0.717) is 17.1 Å². The Morgan fingerprint density at radius 1 is 0.952 bits per heavy atom. The Kier molecular flexibility index (Phi) is 4.26. The van der Waals surface area contributed by atoms with Gasteiger partial charge in [0.1, 0.15) is 17.3 Å². The molecule has 0 unspecified atom stereocenters. The van der Waals surface area contributed by atoms with Crippen molar-refractivity contribution in [3.8, 4) is 11.5 Å². The van der Waals surface area contributed by atoms with E-state index in [-0.39, 0.29) is 11.2 Å². The fourth-order valence-corrected chi connectivity index (χ4v) is 2.58. The minimum absolute atomic E-state index is 0.0981. The zero-order valence-electron chi connectivity index (χ0n) is 13.3. The molecule has 0 spiro atoms. The molecule has 1 aromatic carbocycles. The predicted molar refractivity (Wildman–Crippen MR) is 81.5 cm³/mol. The summed E-state index contributed by atoms with van der Waals surface area (Å²) in [4.78, 5) is 12.8. The fourth-order valence-electron chi connectivity index (χ4n) is 2.58. The van der Waals surface area contributed by atoms with Crippen molar-refractivity contribution in [3.05, 3.63) is 29.5 Å². The van der Waals surface area contributed by atoms with E-state index in [1.807, 2.05) is 26.0 Å². The molecule has 0 bridgehead atoms. The lowest BCUT2D eigenvalue weighted by Crippen LogP contribution is -2.30. The Labute approximate surface area is 125 Å². The zero-order valence-corrected chi connectivity index (χ0v) is 13.3. The number of Topliss-reactive ketones (excluding diaryl/α,β-unsaturated/α-hetero) is 1. The van der Waals surface area contributed by atoms with E-state index in [0.717, 1.165) is 24.2 Å². The van der Waals surface area contributed by atoms with E-state index in [2.05, 4.69) is 0 Å². The van der Waals surface area contributed by atoms with E-state index in [4.69, 9.17) is 14.2 Å². The van der Waals surface area contributed by atoms with Gasteiger partial charge in [0.05, 0.1) is 26.9 Å². The first kappa shape index (κ1) is 15.4. The second kappa shape index (κ2) is 5.80. The summed E-state index contributed by atoms with van der Waals surface area (Å²) in [5.41, 5.74) is 1.03. The van der Waals surface area contributed by atoms with E-state index >= 15 is 0 Å². The summed E-state index contributed by atoms with van der Waals surface area (Å²) in [6.07, 6.45) is 1.55. The van der Waals surface area contributed by atoms with Crippen molar-refractivity contribution >= 4 is 11.4 Å². The lowest BCUT2D eigenvalue weighted by atomic mass is 9.73. The summed E-state index contributed by atoms with van der Waals surface area (Å²) >= 11 is 0. The minimum atomic E-state index is -0.381. The molecule has 0 saturated heterocycles. The quantitative estimate of drug-likeness (QED) is 0.852. The first-order chi connectivity index (χ1) is 9.92. The van der Waals surface area contributed by atoms with Crippen LogP contribution >= 0.6 is 0 Å². The second-order valence-electron chi connectivity index (χ2n) is 5.82. The van der Waals surface area contributed by atoms with Crippen LogP contribution in [0.2, 0.25) is 0 Å². The van der Waals surface area contributed by atoms with Gasteiger partial charge < -0.3 is 14.2 Å². The van der Waals surface area contributed by atoms with Crippen molar-refractivity contribution in [3.63, 3.8) is 0 Å². The molecule has 1 aliphatic carbocycles. The van der Waals surface area contributed by atoms with Crippen LogP contribution in [0.25, 0.3) is 5.57 Å². The molecule has 0 N–H and O–H groups in total. The van der Waals surface area contributed by atoms with Crippen LogP contribution in [0.15, 0.2) is 24.0 Å². The first-order valence-electron chi connectivity index (χ1n) is 6.98. The molecule has 2 rings (SSSR count). The fraction of sp³-hybridized carbons (Fsp3) is 0.471. The third kappa shape index (κ3) is 2.89. The average Bonchev–Trinajstić information content (AvgIpc) is 2.49. The number of ketones is 1. The Hall–Kier alpha value is -1.97. The van der Waals surface area contributed by atoms with Gasteiger partial charge in [-0.05, 0) is 24.1 Å². The molecule has 1 aliphatic rings. The molecule has 0 aliphatic heterocycles. The molecule has 0 heterocycles. The summed E-state index contributed by atoms with van der Waals surface area (Å²) in [7, 11) is 4.80. The predicted octanol–water partition coefficient (Wildman–Crippen LogP) is 3.45. The monoisotopic (exact) mass is 290 g/mol. The summed E-state index contributed by atoms with van der Waals surface area (Å²) in [6, 6.07) is 5.47. The van der Waals surface area contributed by atoms with Crippen molar-refractivity contribution in [2.75, 3.05) is 21.3 Å². The van der Waals surface area contributed by atoms with Crippen LogP contribution in [0.5, 0.6) is 11.5 Å². The molecule has 4 heteroatoms. The molecule has 0 aromatic heterocycles. The van der Waals surface area contributed by atoms with Crippen LogP contribution in [0.4, 0.5) is 0 Å². The number of methoxy groups -OCH3 is 3. The van der Waals surface area contributed by atoms with Gasteiger partial charge in [-0.25, -0.2) is 0 Å². The summed E-state index contributed by atoms with van der Waals surface area (Å²) in [5.74, 6) is 2.14. The Morgan fingerprint density at radius 2 is 1.52 bits per heavy atom. The maximum atomic E-state index is 12.8. The number of benzene rings is 1. The zero-order chi connectivity index (χ0) is 15.6. The van der Waals surface area contributed by atoms with Crippen molar-refractivity contribution in [2.45, 2.75) is 26.7 Å². The molecule has 1 aromatic rings. The summed E-state index contributed by atoms with van der Waals surface area (Å²) in [5, 5.41) is 0. The normalized spacial score (nSPS) is 17.7. The number of hydrogen-bond donors (Lipinski definition) is 0. The van der Waals surface area contributed by atoms with Gasteiger partial charge in [0.15, 0.2) is 5.78 Å². The van der Waals surface area contributed by atoms with Crippen LogP contribution < -0.4 is 9.47 Å². The third-order valence-corrected chi connectivity index (χ3v) is 3.98. The number of hydrogen-bond acceptors (Lipinski definition) is 4. The van der Waals surface area contributed by atoms with Gasteiger partial charge in [-0.3, -0.25) is 4.79 Å². The Morgan fingerprint density at radius 3 is 2.00 bits per heavy atom. The lowest BCUT2D eigenvalue weighted by molar-refractivity contribution is -0.122. The third-order valence-electron chi connectivity index (χ3n) is 3.98. The summed E-state index contributed by atoms with van der Waals surface area (Å²) in [6.45, 7) is 3.94. The van der Waals surface area contributed by atoms with Gasteiger partial charge in [-0.2, -0.15) is 0 Å². The highest BCUT2D eigenvalue weighted by atomic mass is 16.5. The maximum Gasteiger partial charge on any atom is 0.172 e. The largest absolute Gasteiger partial charge is 0.500 e. The number of allylic oxidation sites excluding steroid dienone is 2. The molecular formula is C17H22O4. The summed E-state index contributed by atoms with van der Waals surface area (Å²) < 4.78 is 16.0. The SMILES string of the molecule is COC1=C(c2cc(OC)cc(OC)c2)C(=O)C(C)(C)CC1. The number of ether oxygens (including phenoxy) is 3. The van der Waals surface area contributed by atoms with Crippen molar-refractivity contribution in [1.82, 2.24) is 0 Å². The molecule has 0 saturated carbocycles. The van der Waals surface area contributed by atoms with Gasteiger partial charge >= 0.3 is 0 Å². The van der Waals surface area contributed by atoms with Gasteiger partial charge in [0.2, 0.25) is 0 Å². The average molecular weight is 290 g/mol. The molecule has 114 valence electrons. The van der Waals surface area contributed by atoms with Crippen LogP contribution in [0.1, 0.15) is 32.3 Å². The van der Waals surface area contributed by atoms with Gasteiger partial charge in [-0.15, -0.1) is 0 Å². The van der Waals surface area contributed by atoms with Crippen molar-refractivity contribution in [1.29, 1.82) is 0 Å². The Bertz CT molecular complexity index is 562. The van der Waals surface area contributed by atoms with Crippen LogP contribution in [0, 0.1) is 5.41 Å². The molecular weight excluding hydrogens is 268 g/mol. The second-order valence-corrected chi connectivity index (χ2v) is 5.82. The maximum absolute atomic E-state index is 12.8. The lowest BCUT2D eigenvalue weighted by Gasteiger charge is -2.31. The molecule has 0 fully saturated rings. The van der Waals surface area contributed by atoms with E-state index in [1.165, 1.54) is 0 Å². The standard InChI is InChI=1S/C17H22O4/c1-17(2)7-6-14(21-5)15(16(17)18)11-8-12(19-3)10-13(9-11)20-4/h8-10H,6-7H2,1-5H3. The van der Waals surface area contributed by atoms with E-state index in [9.17, 15) is 4.79 Å². The van der Waals surface area contributed by atoms with Crippen molar-refractivity contribution in [2.24, 2.45) is 5.41 Å². The highest BCUT2D eigenvalue weighted by molar-refractivity contribution is 6.24. The molecule has 4 nitrogen and oxygen atoms in total. The van der Waals surface area contributed by atoms with E-state index in [1.54, 1.807) is 27.4 Å². The highest BCUT2D eigenvalue weighted by Gasteiger charge is 2.37. The van der Waals surface area contributed by atoms with Crippen LogP contribution in [-0.4, -0.2) is 27.1 Å². The molecule has 0 atom stereocenters. The van der Waals surface area contributed by atoms with Crippen molar-refractivity contribution < 1.29 is 19.0 Å². The number of carbonyl (C=O) groups excluding carboxylic acids is 1. The van der Waals surface area contributed by atoms with Gasteiger partial charge in [-0.1, -0.05) is 13.8 Å². The van der Waals surface area contributed by atoms with E-state index < -0.39 is 0 Å². The molecule has 0 amide bonds. The first-order valence-corrected chi connectivity index (χ1v) is 6.98. The highest BCUT2D eigenvalue weighted by Crippen LogP contribution is 2.41. The topological polar surface area (TPSA) is 44.8 Å². The van der Waals surface area contributed by atoms with Crippen LogP contribution in [0.3, 0.4) is 0 Å². The van der Waals surface area contributed by atoms with Gasteiger partial charge in [0.25, 0.3) is 0 Å². The van der Waals surface area contributed by atoms with Gasteiger partial charge in [0, 0.05) is 17.9 Å². The number of carbonyl (C=O) groups is 1. The smallest absolute Gasteiger partial charge is 0.172 e. The number of rotatable bonds is 4. The van der Waals surface area contributed by atoms with Crippen LogP contribution in [-0.2, 0) is 9.53 Å². The molecule has 0 radical (unpaired) electrons. The molecule has 21 heavy (non-hydrogen) atoms. The Balaban J connectivity index is 2.61.